The number of carbonyl (C=O) groups is 1. The topological polar surface area (TPSA) is 93.4 Å². The lowest BCUT2D eigenvalue weighted by Gasteiger charge is -2.15. The minimum absolute atomic E-state index is 0.189. The Hall–Kier alpha value is -3.91. The minimum atomic E-state index is -0.628. The van der Waals surface area contributed by atoms with Gasteiger partial charge in [-0.05, 0) is 42.5 Å². The van der Waals surface area contributed by atoms with Crippen molar-refractivity contribution in [2.45, 2.75) is 0 Å². The quantitative estimate of drug-likeness (QED) is 0.167. The third-order valence-corrected chi connectivity index (χ3v) is 5.13. The average Bonchev–Trinajstić information content (AvgIpc) is 2.82. The third kappa shape index (κ3) is 4.38. The number of fused-ring (bicyclic) bond motifs is 3. The maximum atomic E-state index is 12.7. The molecule has 0 spiro atoms. The number of carbonyl (C=O) groups excluding carboxylic acids is 1. The summed E-state index contributed by atoms with van der Waals surface area (Å²) >= 11 is 5.83. The molecule has 0 aliphatic heterocycles. The molecule has 8 nitrogen and oxygen atoms in total. The SMILES string of the molecule is COc1cc2c(=O)oc3cc(OC(=O)COc4ccc(Cl)cc4)ccc3c2c(OC)c1OC. The Morgan fingerprint density at radius 3 is 2.24 bits per heavy atom. The van der Waals surface area contributed by atoms with Crippen LogP contribution in [0.15, 0.2) is 57.7 Å². The van der Waals surface area contributed by atoms with Gasteiger partial charge in [-0.15, -0.1) is 0 Å². The number of methoxy groups -OCH3 is 3. The molecule has 1 heterocycles. The molecule has 0 unspecified atom stereocenters. The van der Waals surface area contributed by atoms with Crippen molar-refractivity contribution in [1.82, 2.24) is 0 Å². The fourth-order valence-corrected chi connectivity index (χ4v) is 3.56. The molecular formula is C24H19ClO8. The molecule has 0 atom stereocenters. The Morgan fingerprint density at radius 2 is 1.58 bits per heavy atom. The molecule has 0 saturated carbocycles. The molecule has 4 rings (SSSR count). The van der Waals surface area contributed by atoms with Gasteiger partial charge < -0.3 is 28.1 Å². The van der Waals surface area contributed by atoms with Crippen LogP contribution < -0.4 is 29.3 Å². The molecular weight excluding hydrogens is 452 g/mol. The van der Waals surface area contributed by atoms with E-state index >= 15 is 0 Å². The molecule has 3 aromatic carbocycles. The summed E-state index contributed by atoms with van der Waals surface area (Å²) < 4.78 is 32.5. The predicted octanol–water partition coefficient (Wildman–Crippen LogP) is 4.61. The van der Waals surface area contributed by atoms with Crippen LogP contribution in [0.25, 0.3) is 21.7 Å². The van der Waals surface area contributed by atoms with Crippen molar-refractivity contribution < 1.29 is 32.9 Å². The van der Waals surface area contributed by atoms with Crippen LogP contribution >= 0.6 is 11.6 Å². The number of rotatable bonds is 7. The van der Waals surface area contributed by atoms with Gasteiger partial charge in [0.1, 0.15) is 17.1 Å². The Kier molecular flexibility index (Phi) is 6.28. The zero-order valence-corrected chi connectivity index (χ0v) is 18.7. The van der Waals surface area contributed by atoms with E-state index in [-0.39, 0.29) is 23.3 Å². The highest BCUT2D eigenvalue weighted by Crippen LogP contribution is 2.45. The second kappa shape index (κ2) is 9.30. The molecule has 170 valence electrons. The summed E-state index contributed by atoms with van der Waals surface area (Å²) in [6.07, 6.45) is 0. The van der Waals surface area contributed by atoms with E-state index in [0.717, 1.165) is 0 Å². The van der Waals surface area contributed by atoms with E-state index in [0.29, 0.717) is 38.8 Å². The lowest BCUT2D eigenvalue weighted by Crippen LogP contribution is -2.17. The van der Waals surface area contributed by atoms with Crippen molar-refractivity contribution in [1.29, 1.82) is 0 Å². The van der Waals surface area contributed by atoms with E-state index in [4.69, 9.17) is 39.7 Å². The van der Waals surface area contributed by atoms with Crippen LogP contribution in [-0.2, 0) is 4.79 Å². The van der Waals surface area contributed by atoms with E-state index in [9.17, 15) is 9.59 Å². The van der Waals surface area contributed by atoms with E-state index < -0.39 is 11.6 Å². The van der Waals surface area contributed by atoms with Crippen LogP contribution in [-0.4, -0.2) is 33.9 Å². The summed E-state index contributed by atoms with van der Waals surface area (Å²) in [7, 11) is 4.40. The van der Waals surface area contributed by atoms with Gasteiger partial charge in [-0.25, -0.2) is 9.59 Å². The van der Waals surface area contributed by atoms with Gasteiger partial charge in [0.2, 0.25) is 5.75 Å². The third-order valence-electron chi connectivity index (χ3n) is 4.88. The Balaban J connectivity index is 1.67. The lowest BCUT2D eigenvalue weighted by molar-refractivity contribution is -0.136. The van der Waals surface area contributed by atoms with Crippen LogP contribution in [0.1, 0.15) is 0 Å². The molecule has 1 aromatic heterocycles. The summed E-state index contributed by atoms with van der Waals surface area (Å²) in [5.41, 5.74) is -0.395. The Labute approximate surface area is 193 Å². The van der Waals surface area contributed by atoms with Gasteiger partial charge in [0.05, 0.1) is 26.7 Å². The summed E-state index contributed by atoms with van der Waals surface area (Å²) in [5, 5.41) is 1.88. The predicted molar refractivity (Wildman–Crippen MR) is 122 cm³/mol. The summed E-state index contributed by atoms with van der Waals surface area (Å²) in [4.78, 5) is 24.9. The number of halogens is 1. The first-order chi connectivity index (χ1) is 15.9. The standard InChI is InChI=1S/C24H19ClO8/c1-28-19-11-17-21(23(30-3)22(19)29-2)16-9-8-15(10-18(16)33-24(17)27)32-20(26)12-31-14-6-4-13(25)5-7-14/h4-11H,12H2,1-3H3. The molecule has 0 saturated heterocycles. The summed E-state index contributed by atoms with van der Waals surface area (Å²) in [5.74, 6) is 1.04. The highest BCUT2D eigenvalue weighted by molar-refractivity contribution is 6.30. The number of ether oxygens (including phenoxy) is 5. The summed E-state index contributed by atoms with van der Waals surface area (Å²) in [6.45, 7) is -0.313. The minimum Gasteiger partial charge on any atom is -0.493 e. The molecule has 0 bridgehead atoms. The molecule has 0 radical (unpaired) electrons. The molecule has 0 amide bonds. The number of esters is 1. The second-order valence-corrected chi connectivity index (χ2v) is 7.27. The normalized spacial score (nSPS) is 10.8. The van der Waals surface area contributed by atoms with Gasteiger partial charge in [0.15, 0.2) is 18.1 Å². The zero-order valence-electron chi connectivity index (χ0n) is 18.0. The Bertz CT molecular complexity index is 1390. The zero-order chi connectivity index (χ0) is 23.5. The lowest BCUT2D eigenvalue weighted by atomic mass is 10.0. The van der Waals surface area contributed by atoms with Crippen LogP contribution in [0.2, 0.25) is 5.02 Å². The fraction of sp³-hybridized carbons (Fsp3) is 0.167. The molecule has 0 fully saturated rings. The molecule has 0 aliphatic rings. The second-order valence-electron chi connectivity index (χ2n) is 6.83. The molecule has 4 aromatic rings. The van der Waals surface area contributed by atoms with Crippen molar-refractivity contribution in [2.24, 2.45) is 0 Å². The van der Waals surface area contributed by atoms with Gasteiger partial charge in [-0.3, -0.25) is 0 Å². The first-order valence-electron chi connectivity index (χ1n) is 9.73. The van der Waals surface area contributed by atoms with Crippen molar-refractivity contribution >= 4 is 39.3 Å². The highest BCUT2D eigenvalue weighted by Gasteiger charge is 2.21. The Morgan fingerprint density at radius 1 is 0.879 bits per heavy atom. The number of hydrogen-bond donors (Lipinski definition) is 0. The van der Waals surface area contributed by atoms with Crippen molar-refractivity contribution in [3.8, 4) is 28.7 Å². The maximum Gasteiger partial charge on any atom is 0.349 e. The van der Waals surface area contributed by atoms with Gasteiger partial charge >= 0.3 is 11.6 Å². The smallest absolute Gasteiger partial charge is 0.349 e. The van der Waals surface area contributed by atoms with Crippen LogP contribution in [0.4, 0.5) is 0 Å². The molecule has 0 aliphatic carbocycles. The fourth-order valence-electron chi connectivity index (χ4n) is 3.43. The average molecular weight is 471 g/mol. The molecule has 0 N–H and O–H groups in total. The molecule has 9 heteroatoms. The number of benzene rings is 3. The van der Waals surface area contributed by atoms with Gasteiger partial charge in [-0.1, -0.05) is 11.6 Å². The van der Waals surface area contributed by atoms with Gasteiger partial charge in [0, 0.05) is 21.9 Å². The first-order valence-corrected chi connectivity index (χ1v) is 10.1. The maximum absolute atomic E-state index is 12.7. The van der Waals surface area contributed by atoms with Crippen LogP contribution in [0.5, 0.6) is 28.7 Å². The largest absolute Gasteiger partial charge is 0.493 e. The summed E-state index contributed by atoms with van der Waals surface area (Å²) in [6, 6.07) is 12.8. The first kappa shape index (κ1) is 22.3. The van der Waals surface area contributed by atoms with E-state index in [1.54, 1.807) is 36.4 Å². The highest BCUT2D eigenvalue weighted by atomic mass is 35.5. The van der Waals surface area contributed by atoms with Gasteiger partial charge in [0.25, 0.3) is 0 Å². The monoisotopic (exact) mass is 470 g/mol. The van der Waals surface area contributed by atoms with Crippen molar-refractivity contribution in [2.75, 3.05) is 27.9 Å². The van der Waals surface area contributed by atoms with Crippen LogP contribution in [0.3, 0.4) is 0 Å². The van der Waals surface area contributed by atoms with Crippen LogP contribution in [0, 0.1) is 0 Å². The molecule has 33 heavy (non-hydrogen) atoms. The number of hydrogen-bond acceptors (Lipinski definition) is 8. The van der Waals surface area contributed by atoms with Crippen molar-refractivity contribution in [3.63, 3.8) is 0 Å². The van der Waals surface area contributed by atoms with Crippen molar-refractivity contribution in [3.05, 3.63) is 64.0 Å². The van der Waals surface area contributed by atoms with E-state index in [2.05, 4.69) is 0 Å². The van der Waals surface area contributed by atoms with Gasteiger partial charge in [-0.2, -0.15) is 0 Å². The van der Waals surface area contributed by atoms with E-state index in [1.165, 1.54) is 33.5 Å². The van der Waals surface area contributed by atoms with E-state index in [1.807, 2.05) is 0 Å².